The summed E-state index contributed by atoms with van der Waals surface area (Å²) in [6.45, 7) is 0.507. The molecule has 4 rings (SSSR count). The molecule has 0 atom stereocenters. The fourth-order valence-electron chi connectivity index (χ4n) is 3.70. The van der Waals surface area contributed by atoms with Crippen LogP contribution in [-0.2, 0) is 16.8 Å². The zero-order valence-electron chi connectivity index (χ0n) is 13.5. The van der Waals surface area contributed by atoms with Crippen LogP contribution in [0.1, 0.15) is 36.3 Å². The number of thiazole rings is 1. The van der Waals surface area contributed by atoms with Crippen LogP contribution in [0.5, 0.6) is 0 Å². The van der Waals surface area contributed by atoms with Gasteiger partial charge in [-0.15, -0.1) is 11.3 Å². The summed E-state index contributed by atoms with van der Waals surface area (Å²) in [5.74, 6) is 0.144. The SMILES string of the molecule is O=C(NCc1nc2ccccc2s1)C1(c2ccccc2)CCCC1. The Morgan fingerprint density at radius 3 is 2.50 bits per heavy atom. The summed E-state index contributed by atoms with van der Waals surface area (Å²) in [6.07, 6.45) is 4.10. The highest BCUT2D eigenvalue weighted by molar-refractivity contribution is 7.18. The molecule has 0 radical (unpaired) electrons. The first-order chi connectivity index (χ1) is 11.8. The van der Waals surface area contributed by atoms with Crippen molar-refractivity contribution in [2.45, 2.75) is 37.6 Å². The number of amides is 1. The van der Waals surface area contributed by atoms with E-state index in [1.807, 2.05) is 36.4 Å². The van der Waals surface area contributed by atoms with Crippen molar-refractivity contribution in [2.75, 3.05) is 0 Å². The number of para-hydroxylation sites is 1. The zero-order chi connectivity index (χ0) is 16.4. The average molecular weight is 336 g/mol. The molecule has 1 amide bonds. The van der Waals surface area contributed by atoms with Crippen LogP contribution in [0.15, 0.2) is 54.6 Å². The second-order valence-electron chi connectivity index (χ2n) is 6.41. The molecule has 4 heteroatoms. The van der Waals surface area contributed by atoms with Crippen molar-refractivity contribution in [3.05, 3.63) is 65.2 Å². The Morgan fingerprint density at radius 1 is 1.04 bits per heavy atom. The number of nitrogens with zero attached hydrogens (tertiary/aromatic N) is 1. The normalized spacial score (nSPS) is 16.3. The lowest BCUT2D eigenvalue weighted by atomic mass is 9.78. The van der Waals surface area contributed by atoms with Gasteiger partial charge < -0.3 is 5.32 Å². The van der Waals surface area contributed by atoms with Crippen molar-refractivity contribution < 1.29 is 4.79 Å². The summed E-state index contributed by atoms with van der Waals surface area (Å²) < 4.78 is 1.17. The molecule has 1 aliphatic rings. The maximum Gasteiger partial charge on any atom is 0.231 e. The van der Waals surface area contributed by atoms with Crippen LogP contribution < -0.4 is 5.32 Å². The van der Waals surface area contributed by atoms with Crippen LogP contribution in [0.3, 0.4) is 0 Å². The summed E-state index contributed by atoms with van der Waals surface area (Å²) in [6, 6.07) is 18.3. The van der Waals surface area contributed by atoms with Crippen LogP contribution in [0.2, 0.25) is 0 Å². The van der Waals surface area contributed by atoms with E-state index in [-0.39, 0.29) is 11.3 Å². The number of hydrogen-bond acceptors (Lipinski definition) is 3. The molecule has 0 aliphatic heterocycles. The lowest BCUT2D eigenvalue weighted by Crippen LogP contribution is -2.42. The molecule has 1 aromatic heterocycles. The first kappa shape index (κ1) is 15.3. The van der Waals surface area contributed by atoms with E-state index in [1.165, 1.54) is 4.70 Å². The van der Waals surface area contributed by atoms with Gasteiger partial charge in [0.2, 0.25) is 5.91 Å². The smallest absolute Gasteiger partial charge is 0.231 e. The van der Waals surface area contributed by atoms with Gasteiger partial charge in [0.25, 0.3) is 0 Å². The highest BCUT2D eigenvalue weighted by Crippen LogP contribution is 2.41. The minimum Gasteiger partial charge on any atom is -0.349 e. The summed E-state index contributed by atoms with van der Waals surface area (Å²) in [7, 11) is 0. The number of carbonyl (C=O) groups excluding carboxylic acids is 1. The van der Waals surface area contributed by atoms with E-state index in [2.05, 4.69) is 28.5 Å². The largest absolute Gasteiger partial charge is 0.349 e. The van der Waals surface area contributed by atoms with Gasteiger partial charge in [0.05, 0.1) is 22.2 Å². The summed E-state index contributed by atoms with van der Waals surface area (Å²) >= 11 is 1.65. The third-order valence-corrected chi connectivity index (χ3v) is 5.99. The molecule has 0 spiro atoms. The minimum atomic E-state index is -0.363. The Bertz CT molecular complexity index is 817. The number of aromatic nitrogens is 1. The van der Waals surface area contributed by atoms with Crippen molar-refractivity contribution in [2.24, 2.45) is 0 Å². The van der Waals surface area contributed by atoms with Gasteiger partial charge in [0.15, 0.2) is 0 Å². The Balaban J connectivity index is 1.53. The van der Waals surface area contributed by atoms with Gasteiger partial charge >= 0.3 is 0 Å². The molecule has 0 saturated heterocycles. The molecule has 1 aliphatic carbocycles. The van der Waals surface area contributed by atoms with Crippen LogP contribution >= 0.6 is 11.3 Å². The van der Waals surface area contributed by atoms with E-state index in [0.717, 1.165) is 41.8 Å². The number of nitrogens with one attached hydrogen (secondary N) is 1. The van der Waals surface area contributed by atoms with Crippen LogP contribution in [0.4, 0.5) is 0 Å². The highest BCUT2D eigenvalue weighted by Gasteiger charge is 2.42. The lowest BCUT2D eigenvalue weighted by Gasteiger charge is -2.28. The zero-order valence-corrected chi connectivity index (χ0v) is 14.3. The number of fused-ring (bicyclic) bond motifs is 1. The highest BCUT2D eigenvalue weighted by atomic mass is 32.1. The van der Waals surface area contributed by atoms with Crippen molar-refractivity contribution in [3.8, 4) is 0 Å². The van der Waals surface area contributed by atoms with Crippen molar-refractivity contribution in [3.63, 3.8) is 0 Å². The average Bonchev–Trinajstić information content (AvgIpc) is 3.28. The van der Waals surface area contributed by atoms with E-state index in [4.69, 9.17) is 0 Å². The van der Waals surface area contributed by atoms with Gasteiger partial charge in [-0.05, 0) is 30.5 Å². The second-order valence-corrected chi connectivity index (χ2v) is 7.53. The van der Waals surface area contributed by atoms with E-state index in [9.17, 15) is 4.79 Å². The molecule has 2 aromatic carbocycles. The predicted molar refractivity (Wildman–Crippen MR) is 98.1 cm³/mol. The number of hydrogen-bond donors (Lipinski definition) is 1. The van der Waals surface area contributed by atoms with Crippen molar-refractivity contribution >= 4 is 27.5 Å². The third kappa shape index (κ3) is 2.71. The fraction of sp³-hybridized carbons (Fsp3) is 0.300. The summed E-state index contributed by atoms with van der Waals surface area (Å²) in [5, 5.41) is 4.11. The molecule has 1 N–H and O–H groups in total. The topological polar surface area (TPSA) is 42.0 Å². The Morgan fingerprint density at radius 2 is 1.75 bits per heavy atom. The quantitative estimate of drug-likeness (QED) is 0.766. The maximum absolute atomic E-state index is 13.0. The predicted octanol–water partition coefficient (Wildman–Crippen LogP) is 4.42. The van der Waals surface area contributed by atoms with E-state index < -0.39 is 0 Å². The Kier molecular flexibility index (Phi) is 4.07. The molecule has 0 bridgehead atoms. The van der Waals surface area contributed by atoms with Gasteiger partial charge in [-0.1, -0.05) is 55.3 Å². The molecule has 1 saturated carbocycles. The molecule has 0 unspecified atom stereocenters. The maximum atomic E-state index is 13.0. The monoisotopic (exact) mass is 336 g/mol. The lowest BCUT2D eigenvalue weighted by molar-refractivity contribution is -0.126. The number of carbonyl (C=O) groups is 1. The number of benzene rings is 2. The molecule has 1 fully saturated rings. The molecule has 1 heterocycles. The van der Waals surface area contributed by atoms with Gasteiger partial charge in [-0.2, -0.15) is 0 Å². The van der Waals surface area contributed by atoms with Gasteiger partial charge in [-0.25, -0.2) is 4.98 Å². The first-order valence-corrected chi connectivity index (χ1v) is 9.28. The van der Waals surface area contributed by atoms with Gasteiger partial charge in [-0.3, -0.25) is 4.79 Å². The molecule has 122 valence electrons. The minimum absolute atomic E-state index is 0.144. The number of rotatable bonds is 4. The van der Waals surface area contributed by atoms with E-state index in [1.54, 1.807) is 11.3 Å². The molecule has 3 nitrogen and oxygen atoms in total. The molecular formula is C20H20N2OS. The molecule has 3 aromatic rings. The molecular weight excluding hydrogens is 316 g/mol. The summed E-state index contributed by atoms with van der Waals surface area (Å²) in [4.78, 5) is 17.6. The standard InChI is InChI=1S/C20H20N2OS/c23-19(20(12-6-7-13-20)15-8-2-1-3-9-15)21-14-18-22-16-10-4-5-11-17(16)24-18/h1-5,8-11H,6-7,12-14H2,(H,21,23). The third-order valence-electron chi connectivity index (χ3n) is 4.96. The van der Waals surface area contributed by atoms with Gasteiger partial charge in [0, 0.05) is 0 Å². The Labute approximate surface area is 145 Å². The first-order valence-electron chi connectivity index (χ1n) is 8.46. The molecule has 24 heavy (non-hydrogen) atoms. The Hall–Kier alpha value is -2.20. The second kappa shape index (κ2) is 6.36. The van der Waals surface area contributed by atoms with Crippen LogP contribution in [0, 0.1) is 0 Å². The van der Waals surface area contributed by atoms with E-state index >= 15 is 0 Å². The van der Waals surface area contributed by atoms with Crippen LogP contribution in [0.25, 0.3) is 10.2 Å². The van der Waals surface area contributed by atoms with Crippen molar-refractivity contribution in [1.82, 2.24) is 10.3 Å². The van der Waals surface area contributed by atoms with Crippen molar-refractivity contribution in [1.29, 1.82) is 0 Å². The summed E-state index contributed by atoms with van der Waals surface area (Å²) in [5.41, 5.74) is 1.78. The van der Waals surface area contributed by atoms with E-state index in [0.29, 0.717) is 6.54 Å². The van der Waals surface area contributed by atoms with Crippen LogP contribution in [-0.4, -0.2) is 10.9 Å². The fourth-order valence-corrected chi connectivity index (χ4v) is 4.61. The van der Waals surface area contributed by atoms with Gasteiger partial charge in [0.1, 0.15) is 5.01 Å².